The second kappa shape index (κ2) is 4.28. The normalized spacial score (nSPS) is 20.5. The number of rotatable bonds is 0. The molecule has 0 spiro atoms. The fourth-order valence-electron chi connectivity index (χ4n) is 1.48. The van der Waals surface area contributed by atoms with Gasteiger partial charge in [0.2, 0.25) is 0 Å². The van der Waals surface area contributed by atoms with E-state index in [1.165, 1.54) is 0 Å². The minimum absolute atomic E-state index is 0.0544. The maximum Gasteiger partial charge on any atom is 0.269 e. The van der Waals surface area contributed by atoms with Gasteiger partial charge in [0.15, 0.2) is 0 Å². The summed E-state index contributed by atoms with van der Waals surface area (Å²) in [6.45, 7) is 8.40. The Morgan fingerprint density at radius 1 is 1.38 bits per heavy atom. The van der Waals surface area contributed by atoms with Crippen molar-refractivity contribution in [2.75, 3.05) is 19.6 Å². The Hall–Kier alpha value is -1.03. The molecule has 2 aliphatic rings. The molecule has 13 heavy (non-hydrogen) atoms. The van der Waals surface area contributed by atoms with Gasteiger partial charge >= 0.3 is 0 Å². The van der Waals surface area contributed by atoms with Gasteiger partial charge in [0.05, 0.1) is 6.54 Å². The zero-order chi connectivity index (χ0) is 9.84. The number of amides is 1. The van der Waals surface area contributed by atoms with Crippen LogP contribution in [0.4, 0.5) is 0 Å². The first-order valence-electron chi connectivity index (χ1n) is 4.78. The SMILES string of the molecule is CC.CC1=C2C(=O)NCCN2NC1. The molecule has 2 aliphatic heterocycles. The van der Waals surface area contributed by atoms with E-state index in [0.717, 1.165) is 30.9 Å². The first kappa shape index (κ1) is 10.1. The van der Waals surface area contributed by atoms with E-state index in [1.54, 1.807) is 0 Å². The third-order valence-corrected chi connectivity index (χ3v) is 2.05. The number of hydrogen-bond acceptors (Lipinski definition) is 3. The molecule has 2 N–H and O–H groups in total. The van der Waals surface area contributed by atoms with Crippen molar-refractivity contribution in [3.63, 3.8) is 0 Å². The summed E-state index contributed by atoms with van der Waals surface area (Å²) in [4.78, 5) is 11.2. The molecule has 0 bridgehead atoms. The van der Waals surface area contributed by atoms with Gasteiger partial charge in [0.1, 0.15) is 5.70 Å². The van der Waals surface area contributed by atoms with E-state index >= 15 is 0 Å². The fraction of sp³-hybridized carbons (Fsp3) is 0.667. The summed E-state index contributed by atoms with van der Waals surface area (Å²) in [5, 5.41) is 4.73. The van der Waals surface area contributed by atoms with Crippen LogP contribution in [0.5, 0.6) is 0 Å². The Balaban J connectivity index is 0.000000396. The molecule has 4 nitrogen and oxygen atoms in total. The van der Waals surface area contributed by atoms with Crippen molar-refractivity contribution in [1.82, 2.24) is 15.8 Å². The summed E-state index contributed by atoms with van der Waals surface area (Å²) in [6.07, 6.45) is 0. The Morgan fingerprint density at radius 2 is 2.08 bits per heavy atom. The second-order valence-electron chi connectivity index (χ2n) is 2.87. The number of hydrazine groups is 1. The molecule has 0 saturated carbocycles. The van der Waals surface area contributed by atoms with Crippen LogP contribution in [0.15, 0.2) is 11.3 Å². The third-order valence-electron chi connectivity index (χ3n) is 2.05. The zero-order valence-corrected chi connectivity index (χ0v) is 8.48. The Labute approximate surface area is 79.0 Å². The lowest BCUT2D eigenvalue weighted by Gasteiger charge is -2.26. The highest BCUT2D eigenvalue weighted by Gasteiger charge is 2.28. The molecule has 0 aromatic carbocycles. The van der Waals surface area contributed by atoms with Gasteiger partial charge < -0.3 is 10.3 Å². The zero-order valence-electron chi connectivity index (χ0n) is 8.48. The lowest BCUT2D eigenvalue weighted by atomic mass is 10.2. The van der Waals surface area contributed by atoms with Crippen LogP contribution in [0, 0.1) is 0 Å². The van der Waals surface area contributed by atoms with Crippen LogP contribution in [-0.4, -0.2) is 30.6 Å². The van der Waals surface area contributed by atoms with Crippen LogP contribution < -0.4 is 10.7 Å². The number of nitrogens with one attached hydrogen (secondary N) is 2. The molecule has 0 atom stereocenters. The molecule has 0 radical (unpaired) electrons. The van der Waals surface area contributed by atoms with E-state index in [0.29, 0.717) is 0 Å². The van der Waals surface area contributed by atoms with Crippen molar-refractivity contribution in [3.8, 4) is 0 Å². The molecule has 2 heterocycles. The summed E-state index contributed by atoms with van der Waals surface area (Å²) < 4.78 is 0. The highest BCUT2D eigenvalue weighted by atomic mass is 16.2. The molecule has 74 valence electrons. The largest absolute Gasteiger partial charge is 0.349 e. The molecular weight excluding hydrogens is 166 g/mol. The standard InChI is InChI=1S/C7H11N3O.C2H6/c1-5-4-9-10-3-2-8-7(11)6(5)10;1-2/h9H,2-4H2,1H3,(H,8,11);1-2H3. The molecule has 0 aromatic rings. The highest BCUT2D eigenvalue weighted by molar-refractivity contribution is 5.94. The maximum atomic E-state index is 11.2. The quantitative estimate of drug-likeness (QED) is 0.565. The Bertz CT molecular complexity index is 235. The number of carbonyl (C=O) groups is 1. The van der Waals surface area contributed by atoms with Crippen molar-refractivity contribution in [3.05, 3.63) is 11.3 Å². The van der Waals surface area contributed by atoms with Crippen molar-refractivity contribution in [2.24, 2.45) is 0 Å². The van der Waals surface area contributed by atoms with Crippen LogP contribution >= 0.6 is 0 Å². The van der Waals surface area contributed by atoms with E-state index in [2.05, 4.69) is 10.7 Å². The molecule has 0 aliphatic carbocycles. The predicted molar refractivity (Wildman–Crippen MR) is 51.8 cm³/mol. The average Bonchev–Trinajstić information content (AvgIpc) is 2.53. The molecule has 1 fully saturated rings. The van der Waals surface area contributed by atoms with E-state index in [1.807, 2.05) is 25.8 Å². The molecule has 2 rings (SSSR count). The summed E-state index contributed by atoms with van der Waals surface area (Å²) in [6, 6.07) is 0. The summed E-state index contributed by atoms with van der Waals surface area (Å²) in [7, 11) is 0. The molecular formula is C9H17N3O. The van der Waals surface area contributed by atoms with Crippen molar-refractivity contribution in [2.45, 2.75) is 20.8 Å². The van der Waals surface area contributed by atoms with Gasteiger partial charge in [-0.3, -0.25) is 4.79 Å². The van der Waals surface area contributed by atoms with Gasteiger partial charge in [-0.15, -0.1) is 0 Å². The summed E-state index contributed by atoms with van der Waals surface area (Å²) in [5.74, 6) is 0.0544. The van der Waals surface area contributed by atoms with E-state index in [-0.39, 0.29) is 5.91 Å². The van der Waals surface area contributed by atoms with Crippen LogP contribution in [-0.2, 0) is 4.79 Å². The average molecular weight is 183 g/mol. The van der Waals surface area contributed by atoms with Crippen molar-refractivity contribution < 1.29 is 4.79 Å². The fourth-order valence-corrected chi connectivity index (χ4v) is 1.48. The molecule has 0 unspecified atom stereocenters. The molecule has 4 heteroatoms. The van der Waals surface area contributed by atoms with Gasteiger partial charge in [-0.2, -0.15) is 0 Å². The van der Waals surface area contributed by atoms with Gasteiger partial charge in [-0.1, -0.05) is 13.8 Å². The van der Waals surface area contributed by atoms with Crippen LogP contribution in [0.25, 0.3) is 0 Å². The van der Waals surface area contributed by atoms with Crippen LogP contribution in [0.2, 0.25) is 0 Å². The van der Waals surface area contributed by atoms with E-state index in [4.69, 9.17) is 0 Å². The number of fused-ring (bicyclic) bond motifs is 1. The number of hydrogen-bond donors (Lipinski definition) is 2. The van der Waals surface area contributed by atoms with E-state index < -0.39 is 0 Å². The summed E-state index contributed by atoms with van der Waals surface area (Å²) >= 11 is 0. The highest BCUT2D eigenvalue weighted by Crippen LogP contribution is 2.16. The van der Waals surface area contributed by atoms with Gasteiger partial charge in [-0.25, -0.2) is 5.43 Å². The maximum absolute atomic E-state index is 11.2. The van der Waals surface area contributed by atoms with Crippen LogP contribution in [0.3, 0.4) is 0 Å². The smallest absolute Gasteiger partial charge is 0.269 e. The van der Waals surface area contributed by atoms with E-state index in [9.17, 15) is 4.79 Å². The van der Waals surface area contributed by atoms with Gasteiger partial charge in [0, 0.05) is 13.1 Å². The summed E-state index contributed by atoms with van der Waals surface area (Å²) in [5.41, 5.74) is 5.08. The van der Waals surface area contributed by atoms with Gasteiger partial charge in [0.25, 0.3) is 5.91 Å². The van der Waals surface area contributed by atoms with Crippen LogP contribution in [0.1, 0.15) is 20.8 Å². The predicted octanol–water partition coefficient (Wildman–Crippen LogP) is 0.237. The first-order chi connectivity index (χ1) is 6.29. The lowest BCUT2D eigenvalue weighted by molar-refractivity contribution is -0.120. The third kappa shape index (κ3) is 1.83. The van der Waals surface area contributed by atoms with Crippen molar-refractivity contribution in [1.29, 1.82) is 0 Å². The molecule has 1 amide bonds. The second-order valence-corrected chi connectivity index (χ2v) is 2.87. The molecule has 1 saturated heterocycles. The Kier molecular flexibility index (Phi) is 3.31. The topological polar surface area (TPSA) is 44.4 Å². The van der Waals surface area contributed by atoms with Gasteiger partial charge in [-0.05, 0) is 12.5 Å². The van der Waals surface area contributed by atoms with Crippen molar-refractivity contribution >= 4 is 5.91 Å². The Morgan fingerprint density at radius 3 is 2.69 bits per heavy atom. The first-order valence-corrected chi connectivity index (χ1v) is 4.78. The number of nitrogens with zero attached hydrogens (tertiary/aromatic N) is 1. The minimum atomic E-state index is 0.0544. The number of carbonyl (C=O) groups excluding carboxylic acids is 1. The molecule has 0 aromatic heterocycles. The monoisotopic (exact) mass is 183 g/mol. The number of piperazine rings is 1. The minimum Gasteiger partial charge on any atom is -0.349 e. The lowest BCUT2D eigenvalue weighted by Crippen LogP contribution is -2.48.